The van der Waals surface area contributed by atoms with Crippen molar-refractivity contribution in [3.8, 4) is 0 Å². The van der Waals surface area contributed by atoms with Crippen molar-refractivity contribution < 1.29 is 21.6 Å². The Balaban J connectivity index is 2.37. The summed E-state index contributed by atoms with van der Waals surface area (Å²) in [7, 11) is -4.18. The number of benzene rings is 1. The average Bonchev–Trinajstić information content (AvgIpc) is 2.55. The highest BCUT2D eigenvalue weighted by molar-refractivity contribution is 7.92. The van der Waals surface area contributed by atoms with Gasteiger partial charge in [-0.3, -0.25) is 0 Å². The van der Waals surface area contributed by atoms with Crippen molar-refractivity contribution in [2.45, 2.75) is 23.6 Å². The van der Waals surface area contributed by atoms with Crippen molar-refractivity contribution in [1.82, 2.24) is 4.73 Å². The Morgan fingerprint density at radius 3 is 2.54 bits per heavy atom. The van der Waals surface area contributed by atoms with Crippen LogP contribution in [-0.2, 0) is 9.84 Å². The molecule has 1 aromatic carbocycles. The van der Waals surface area contributed by atoms with Crippen molar-refractivity contribution in [2.24, 2.45) is 0 Å². The second-order valence-corrected chi connectivity index (χ2v) is 7.45. The number of allylic oxidation sites excluding steroid dienone is 3. The molecule has 1 unspecified atom stereocenters. The molecule has 24 heavy (non-hydrogen) atoms. The topological polar surface area (TPSA) is 85.1 Å². The van der Waals surface area contributed by atoms with E-state index in [1.807, 2.05) is 0 Å². The quantitative estimate of drug-likeness (QED) is 0.774. The molecule has 0 amide bonds. The summed E-state index contributed by atoms with van der Waals surface area (Å²) in [5.41, 5.74) is -1.39. The third kappa shape index (κ3) is 2.32. The minimum Gasteiger partial charge on any atom is -0.805 e. The molecule has 2 aromatic rings. The molecule has 3 rings (SSSR count). The van der Waals surface area contributed by atoms with Crippen molar-refractivity contribution >= 4 is 20.9 Å². The summed E-state index contributed by atoms with van der Waals surface area (Å²) < 4.78 is 52.4. The van der Waals surface area contributed by atoms with Gasteiger partial charge in [0.15, 0.2) is 11.6 Å². The molecule has 0 spiro atoms. The molecular weight excluding hydrogens is 342 g/mol. The number of sulfone groups is 1. The van der Waals surface area contributed by atoms with Gasteiger partial charge < -0.3 is 9.94 Å². The summed E-state index contributed by atoms with van der Waals surface area (Å²) in [6, 6.07) is 1.08. The number of hydrogen-bond donors (Lipinski definition) is 0. The number of hydrogen-bond acceptors (Lipinski definition) is 4. The van der Waals surface area contributed by atoms with Gasteiger partial charge in [-0.1, -0.05) is 24.3 Å². The molecule has 1 aliphatic carbocycles. The molecule has 1 atom stereocenters. The molecule has 6 nitrogen and oxygen atoms in total. The molecule has 1 heterocycles. The predicted octanol–water partition coefficient (Wildman–Crippen LogP) is 2.15. The second kappa shape index (κ2) is 5.52. The maximum Gasteiger partial charge on any atom is 0.372 e. The molecule has 0 fully saturated rings. The zero-order valence-corrected chi connectivity index (χ0v) is 13.3. The monoisotopic (exact) mass is 354 g/mol. The molecule has 0 N–H and O–H groups in total. The van der Waals surface area contributed by atoms with E-state index in [4.69, 9.17) is 0 Å². The lowest BCUT2D eigenvalue weighted by Gasteiger charge is -2.18. The highest BCUT2D eigenvalue weighted by atomic mass is 32.2. The maximum atomic E-state index is 13.4. The lowest BCUT2D eigenvalue weighted by atomic mass is 10.2. The fraction of sp³-hybridized carbons (Fsp3) is 0.200. The zero-order valence-electron chi connectivity index (χ0n) is 12.4. The Morgan fingerprint density at radius 1 is 1.25 bits per heavy atom. The van der Waals surface area contributed by atoms with E-state index >= 15 is 0 Å². The van der Waals surface area contributed by atoms with Gasteiger partial charge in [0, 0.05) is 11.0 Å². The van der Waals surface area contributed by atoms with Crippen LogP contribution < -0.4 is 4.43 Å². The number of rotatable bonds is 2. The highest BCUT2D eigenvalue weighted by Crippen LogP contribution is 2.25. The first kappa shape index (κ1) is 16.3. The van der Waals surface area contributed by atoms with E-state index in [2.05, 4.69) is 0 Å². The van der Waals surface area contributed by atoms with Crippen molar-refractivity contribution in [3.63, 3.8) is 0 Å². The van der Waals surface area contributed by atoms with Crippen molar-refractivity contribution in [2.75, 3.05) is 0 Å². The van der Waals surface area contributed by atoms with E-state index in [0.717, 1.165) is 6.92 Å². The van der Waals surface area contributed by atoms with E-state index in [1.165, 1.54) is 12.2 Å². The molecular formula is C15H12F2N2O4S. The first-order valence-electron chi connectivity index (χ1n) is 6.97. The van der Waals surface area contributed by atoms with Crippen LogP contribution in [0.15, 0.2) is 41.5 Å². The van der Waals surface area contributed by atoms with Gasteiger partial charge in [-0.2, -0.15) is 0 Å². The second-order valence-electron chi connectivity index (χ2n) is 5.37. The molecule has 9 heteroatoms. The largest absolute Gasteiger partial charge is 0.805 e. The average molecular weight is 354 g/mol. The van der Waals surface area contributed by atoms with Gasteiger partial charge in [0.1, 0.15) is 11.2 Å². The first-order chi connectivity index (χ1) is 11.2. The summed E-state index contributed by atoms with van der Waals surface area (Å²) in [5, 5.41) is 10.5. The fourth-order valence-electron chi connectivity index (χ4n) is 2.63. The zero-order chi connectivity index (χ0) is 17.6. The third-order valence-corrected chi connectivity index (χ3v) is 6.01. The van der Waals surface area contributed by atoms with Crippen LogP contribution >= 0.6 is 0 Å². The molecule has 0 aliphatic heterocycles. The standard InChI is InChI=1S/C15H12F2N2O4S/c1-9-15(24(22,23)10-5-3-2-4-6-10)19(21)14-8-12(17)11(16)7-13(14)18(9)20/h2-5,7-8,10H,6H2,1H3. The summed E-state index contributed by atoms with van der Waals surface area (Å²) in [5.74, 6) is -2.65. The van der Waals surface area contributed by atoms with Gasteiger partial charge in [0.2, 0.25) is 0 Å². The summed E-state index contributed by atoms with van der Waals surface area (Å²) in [6.45, 7) is 1.15. The summed E-state index contributed by atoms with van der Waals surface area (Å²) in [4.78, 5) is 12.5. The molecule has 1 aliphatic rings. The third-order valence-electron chi connectivity index (χ3n) is 3.86. The van der Waals surface area contributed by atoms with Crippen LogP contribution in [0.4, 0.5) is 8.78 Å². The molecule has 0 saturated carbocycles. The van der Waals surface area contributed by atoms with E-state index in [9.17, 15) is 27.3 Å². The maximum absolute atomic E-state index is 13.4. The van der Waals surface area contributed by atoms with Crippen molar-refractivity contribution in [1.29, 1.82) is 0 Å². The number of aromatic nitrogens is 2. The normalized spacial score (nSPS) is 17.5. The number of fused-ring (bicyclic) bond motifs is 1. The first-order valence-corrected chi connectivity index (χ1v) is 8.51. The van der Waals surface area contributed by atoms with Crippen molar-refractivity contribution in [3.05, 3.63) is 63.9 Å². The Bertz CT molecular complexity index is 1070. The number of halogens is 2. The van der Waals surface area contributed by atoms with E-state index in [0.29, 0.717) is 12.1 Å². The Morgan fingerprint density at radius 2 is 1.92 bits per heavy atom. The van der Waals surface area contributed by atoms with E-state index in [-0.39, 0.29) is 15.6 Å². The van der Waals surface area contributed by atoms with E-state index in [1.54, 1.807) is 12.2 Å². The molecule has 1 aromatic heterocycles. The molecule has 0 radical (unpaired) electrons. The minimum atomic E-state index is -4.18. The molecule has 0 bridgehead atoms. The summed E-state index contributed by atoms with van der Waals surface area (Å²) >= 11 is 0. The van der Waals surface area contributed by atoms with Gasteiger partial charge in [0.05, 0.1) is 15.7 Å². The van der Waals surface area contributed by atoms with Crippen LogP contribution in [0.25, 0.3) is 11.0 Å². The van der Waals surface area contributed by atoms with Gasteiger partial charge in [-0.25, -0.2) is 17.2 Å². The van der Waals surface area contributed by atoms with Gasteiger partial charge in [-0.05, 0) is 13.3 Å². The minimum absolute atomic E-state index is 0.0247. The van der Waals surface area contributed by atoms with Gasteiger partial charge >= 0.3 is 5.03 Å². The van der Waals surface area contributed by atoms with Crippen LogP contribution in [0.1, 0.15) is 12.1 Å². The molecule has 0 saturated heterocycles. The Hall–Kier alpha value is -2.55. The lowest BCUT2D eigenvalue weighted by Crippen LogP contribution is -2.34. The van der Waals surface area contributed by atoms with E-state index < -0.39 is 48.5 Å². The van der Waals surface area contributed by atoms with Crippen LogP contribution in [0, 0.1) is 28.7 Å². The smallest absolute Gasteiger partial charge is 0.372 e. The predicted molar refractivity (Wildman–Crippen MR) is 82.6 cm³/mol. The van der Waals surface area contributed by atoms with Crippen LogP contribution in [0.5, 0.6) is 0 Å². The van der Waals surface area contributed by atoms with Gasteiger partial charge in [-0.15, -0.1) is 0 Å². The Kier molecular flexibility index (Phi) is 3.75. The molecule has 126 valence electrons. The lowest BCUT2D eigenvalue weighted by molar-refractivity contribution is -0.512. The fourth-order valence-corrected chi connectivity index (χ4v) is 4.40. The highest BCUT2D eigenvalue weighted by Gasteiger charge is 2.38. The Labute approximate surface area is 135 Å². The number of nitrogens with zero attached hydrogens (tertiary/aromatic N) is 2. The SMILES string of the molecule is Cc1c(S(=O)(=O)C2C=CC=CC2)[n+](=O)c2cc(F)c(F)cc2n1[O-]. The summed E-state index contributed by atoms with van der Waals surface area (Å²) in [6.07, 6.45) is 6.36. The van der Waals surface area contributed by atoms with Gasteiger partial charge in [0.25, 0.3) is 15.4 Å². The van der Waals surface area contributed by atoms with Crippen LogP contribution in [0.2, 0.25) is 0 Å². The van der Waals surface area contributed by atoms with Crippen LogP contribution in [-0.4, -0.2) is 18.4 Å². The van der Waals surface area contributed by atoms with Crippen LogP contribution in [0.3, 0.4) is 0 Å².